The number of hydrogen-bond donors (Lipinski definition) is 1. The van der Waals surface area contributed by atoms with E-state index in [0.717, 1.165) is 30.9 Å². The lowest BCUT2D eigenvalue weighted by atomic mass is 10.1. The van der Waals surface area contributed by atoms with E-state index in [1.807, 2.05) is 12.1 Å². The summed E-state index contributed by atoms with van der Waals surface area (Å²) in [6, 6.07) is 8.21. The molecule has 1 heterocycles. The largest absolute Gasteiger partial charge is 0.458 e. The molecular formula is C18H27NO2. The summed E-state index contributed by atoms with van der Waals surface area (Å²) in [7, 11) is 0. The smallest absolute Gasteiger partial charge is 0.135 e. The molecule has 3 nitrogen and oxygen atoms in total. The van der Waals surface area contributed by atoms with Crippen molar-refractivity contribution in [3.63, 3.8) is 0 Å². The standard InChI is InChI=1S/C18H27NO2/c1-5-10-19-11-16-15-8-6-7-9-17(15)21-18(16)12-20-14(4)13(2)3/h6-9,13-14,19H,5,10-12H2,1-4H3. The van der Waals surface area contributed by atoms with Crippen LogP contribution in [0.5, 0.6) is 0 Å². The molecule has 1 atom stereocenters. The molecule has 0 aliphatic carbocycles. The maximum absolute atomic E-state index is 6.00. The third-order valence-corrected chi connectivity index (χ3v) is 3.93. The van der Waals surface area contributed by atoms with Gasteiger partial charge in [-0.05, 0) is 31.9 Å². The highest BCUT2D eigenvalue weighted by Gasteiger charge is 2.15. The van der Waals surface area contributed by atoms with Gasteiger partial charge in [-0.1, -0.05) is 39.0 Å². The van der Waals surface area contributed by atoms with Crippen LogP contribution < -0.4 is 5.32 Å². The van der Waals surface area contributed by atoms with Crippen LogP contribution in [0.25, 0.3) is 11.0 Å². The van der Waals surface area contributed by atoms with Crippen LogP contribution in [0.4, 0.5) is 0 Å². The third kappa shape index (κ3) is 4.08. The summed E-state index contributed by atoms with van der Waals surface area (Å²) in [5.41, 5.74) is 2.18. The molecule has 0 amide bonds. The van der Waals surface area contributed by atoms with E-state index in [9.17, 15) is 0 Å². The van der Waals surface area contributed by atoms with Crippen molar-refractivity contribution >= 4 is 11.0 Å². The minimum atomic E-state index is 0.231. The fraction of sp³-hybridized carbons (Fsp3) is 0.556. The monoisotopic (exact) mass is 289 g/mol. The van der Waals surface area contributed by atoms with E-state index in [2.05, 4.69) is 45.1 Å². The van der Waals surface area contributed by atoms with Crippen LogP contribution in [0, 0.1) is 5.92 Å². The van der Waals surface area contributed by atoms with Gasteiger partial charge in [0.15, 0.2) is 0 Å². The van der Waals surface area contributed by atoms with Crippen molar-refractivity contribution in [2.75, 3.05) is 6.54 Å². The first kappa shape index (κ1) is 16.1. The molecular weight excluding hydrogens is 262 g/mol. The van der Waals surface area contributed by atoms with Gasteiger partial charge in [-0.15, -0.1) is 0 Å². The molecule has 1 unspecified atom stereocenters. The van der Waals surface area contributed by atoms with Crippen LogP contribution in [0.2, 0.25) is 0 Å². The predicted molar refractivity (Wildman–Crippen MR) is 87.3 cm³/mol. The number of benzene rings is 1. The third-order valence-electron chi connectivity index (χ3n) is 3.93. The molecule has 0 radical (unpaired) electrons. The number of nitrogens with one attached hydrogen (secondary N) is 1. The predicted octanol–water partition coefficient (Wildman–Crippen LogP) is 4.49. The first-order chi connectivity index (χ1) is 10.1. The van der Waals surface area contributed by atoms with Crippen molar-refractivity contribution in [1.82, 2.24) is 5.32 Å². The van der Waals surface area contributed by atoms with E-state index in [4.69, 9.17) is 9.15 Å². The van der Waals surface area contributed by atoms with Gasteiger partial charge in [0.2, 0.25) is 0 Å². The van der Waals surface area contributed by atoms with Crippen molar-refractivity contribution in [1.29, 1.82) is 0 Å². The van der Waals surface area contributed by atoms with Gasteiger partial charge in [0.05, 0.1) is 6.10 Å². The molecule has 21 heavy (non-hydrogen) atoms. The molecule has 0 aliphatic rings. The fourth-order valence-electron chi connectivity index (χ4n) is 2.25. The van der Waals surface area contributed by atoms with E-state index in [1.54, 1.807) is 0 Å². The highest BCUT2D eigenvalue weighted by molar-refractivity contribution is 5.82. The second-order valence-corrected chi connectivity index (χ2v) is 5.94. The van der Waals surface area contributed by atoms with Crippen molar-refractivity contribution in [3.05, 3.63) is 35.6 Å². The molecule has 0 spiro atoms. The first-order valence-electron chi connectivity index (χ1n) is 7.95. The van der Waals surface area contributed by atoms with E-state index >= 15 is 0 Å². The Bertz CT molecular complexity index is 559. The molecule has 0 saturated carbocycles. The first-order valence-corrected chi connectivity index (χ1v) is 7.95. The van der Waals surface area contributed by atoms with Gasteiger partial charge < -0.3 is 14.5 Å². The molecule has 2 rings (SSSR count). The average Bonchev–Trinajstić information content (AvgIpc) is 2.83. The molecule has 0 bridgehead atoms. The van der Waals surface area contributed by atoms with Gasteiger partial charge in [-0.25, -0.2) is 0 Å². The maximum atomic E-state index is 6.00. The number of hydrogen-bond acceptors (Lipinski definition) is 3. The maximum Gasteiger partial charge on any atom is 0.135 e. The van der Waals surface area contributed by atoms with Crippen LogP contribution in [-0.2, 0) is 17.9 Å². The fourth-order valence-corrected chi connectivity index (χ4v) is 2.25. The van der Waals surface area contributed by atoms with Crippen molar-refractivity contribution in [3.8, 4) is 0 Å². The Morgan fingerprint density at radius 3 is 2.67 bits per heavy atom. The Morgan fingerprint density at radius 1 is 1.19 bits per heavy atom. The zero-order chi connectivity index (χ0) is 15.2. The van der Waals surface area contributed by atoms with Crippen molar-refractivity contribution < 1.29 is 9.15 Å². The van der Waals surface area contributed by atoms with Crippen LogP contribution >= 0.6 is 0 Å². The summed E-state index contributed by atoms with van der Waals surface area (Å²) in [6.45, 7) is 11.0. The Labute approximate surface area is 127 Å². The lowest BCUT2D eigenvalue weighted by molar-refractivity contribution is 0.0150. The van der Waals surface area contributed by atoms with Crippen molar-refractivity contribution in [2.24, 2.45) is 5.92 Å². The summed E-state index contributed by atoms with van der Waals surface area (Å²) in [5.74, 6) is 1.46. The quantitative estimate of drug-likeness (QED) is 0.727. The molecule has 3 heteroatoms. The molecule has 0 aliphatic heterocycles. The Hall–Kier alpha value is -1.32. The number of ether oxygens (including phenoxy) is 1. The molecule has 0 fully saturated rings. The number of rotatable bonds is 8. The molecule has 1 aromatic heterocycles. The van der Waals surface area contributed by atoms with Crippen LogP contribution in [0.3, 0.4) is 0 Å². The van der Waals surface area contributed by atoms with E-state index in [1.165, 1.54) is 10.9 Å². The highest BCUT2D eigenvalue weighted by atomic mass is 16.5. The van der Waals surface area contributed by atoms with Gasteiger partial charge >= 0.3 is 0 Å². The summed E-state index contributed by atoms with van der Waals surface area (Å²) in [5, 5.41) is 4.66. The molecule has 1 N–H and O–H groups in total. The second kappa shape index (κ2) is 7.62. The zero-order valence-electron chi connectivity index (χ0n) is 13.6. The van der Waals surface area contributed by atoms with E-state index in [0.29, 0.717) is 12.5 Å². The number of fused-ring (bicyclic) bond motifs is 1. The normalized spacial score (nSPS) is 13.2. The SMILES string of the molecule is CCCNCc1c(COC(C)C(C)C)oc2ccccc12. The minimum Gasteiger partial charge on any atom is -0.458 e. The number of furan rings is 1. The lowest BCUT2D eigenvalue weighted by Crippen LogP contribution is -2.17. The number of para-hydroxylation sites is 1. The Balaban J connectivity index is 2.18. The van der Waals surface area contributed by atoms with E-state index < -0.39 is 0 Å². The molecule has 2 aromatic rings. The van der Waals surface area contributed by atoms with Crippen LogP contribution in [0.15, 0.2) is 28.7 Å². The van der Waals surface area contributed by atoms with Gasteiger partial charge in [0.25, 0.3) is 0 Å². The summed E-state index contributed by atoms with van der Waals surface area (Å²) in [4.78, 5) is 0. The van der Waals surface area contributed by atoms with E-state index in [-0.39, 0.29) is 6.10 Å². The summed E-state index contributed by atoms with van der Waals surface area (Å²) in [6.07, 6.45) is 1.36. The second-order valence-electron chi connectivity index (χ2n) is 5.94. The zero-order valence-corrected chi connectivity index (χ0v) is 13.6. The minimum absolute atomic E-state index is 0.231. The van der Waals surface area contributed by atoms with Crippen molar-refractivity contribution in [2.45, 2.75) is 53.4 Å². The summed E-state index contributed by atoms with van der Waals surface area (Å²) >= 11 is 0. The van der Waals surface area contributed by atoms with Gasteiger partial charge in [0.1, 0.15) is 18.0 Å². The van der Waals surface area contributed by atoms with Crippen LogP contribution in [-0.4, -0.2) is 12.6 Å². The lowest BCUT2D eigenvalue weighted by Gasteiger charge is -2.16. The molecule has 116 valence electrons. The van der Waals surface area contributed by atoms with Gasteiger partial charge in [-0.2, -0.15) is 0 Å². The molecule has 0 saturated heterocycles. The summed E-state index contributed by atoms with van der Waals surface area (Å²) < 4.78 is 11.9. The highest BCUT2D eigenvalue weighted by Crippen LogP contribution is 2.27. The average molecular weight is 289 g/mol. The van der Waals surface area contributed by atoms with Gasteiger partial charge in [-0.3, -0.25) is 0 Å². The molecule has 1 aromatic carbocycles. The topological polar surface area (TPSA) is 34.4 Å². The van der Waals surface area contributed by atoms with Gasteiger partial charge in [0, 0.05) is 17.5 Å². The Morgan fingerprint density at radius 2 is 1.95 bits per heavy atom. The Kier molecular flexibility index (Phi) is 5.83. The van der Waals surface area contributed by atoms with Crippen LogP contribution in [0.1, 0.15) is 45.4 Å².